The minimum Gasteiger partial charge on any atom is -0.357 e. The predicted molar refractivity (Wildman–Crippen MR) is 109 cm³/mol. The van der Waals surface area contributed by atoms with Crippen LogP contribution in [-0.2, 0) is 22.8 Å². The lowest BCUT2D eigenvalue weighted by atomic mass is 10.1. The summed E-state index contributed by atoms with van der Waals surface area (Å²) >= 11 is 1.79. The van der Waals surface area contributed by atoms with Gasteiger partial charge in [-0.3, -0.25) is 0 Å². The number of hydrogen-bond acceptors (Lipinski definition) is 4. The highest BCUT2D eigenvalue weighted by atomic mass is 127. The second kappa shape index (κ2) is 9.83. The molecule has 0 aliphatic carbocycles. The molecule has 1 aromatic rings. The molecule has 132 valence electrons. The maximum absolute atomic E-state index is 11.5. The highest BCUT2D eigenvalue weighted by Gasteiger charge is 2.27. The van der Waals surface area contributed by atoms with E-state index in [2.05, 4.69) is 34.7 Å². The van der Waals surface area contributed by atoms with Crippen molar-refractivity contribution in [2.45, 2.75) is 33.2 Å². The first-order valence-electron chi connectivity index (χ1n) is 7.82. The third-order valence-electron chi connectivity index (χ3n) is 3.69. The maximum Gasteiger partial charge on any atom is 0.191 e. The second-order valence-electron chi connectivity index (χ2n) is 5.57. The molecule has 0 radical (unpaired) electrons. The molecule has 1 unspecified atom stereocenters. The Morgan fingerprint density at radius 3 is 2.61 bits per heavy atom. The van der Waals surface area contributed by atoms with Crippen molar-refractivity contribution in [1.29, 1.82) is 0 Å². The maximum atomic E-state index is 11.5. The van der Waals surface area contributed by atoms with Gasteiger partial charge in [-0.25, -0.2) is 13.4 Å². The van der Waals surface area contributed by atoms with Gasteiger partial charge in [-0.2, -0.15) is 0 Å². The van der Waals surface area contributed by atoms with Gasteiger partial charge in [-0.1, -0.05) is 6.92 Å². The van der Waals surface area contributed by atoms with Crippen LogP contribution >= 0.6 is 35.3 Å². The van der Waals surface area contributed by atoms with Crippen molar-refractivity contribution in [3.05, 3.63) is 21.9 Å². The minimum atomic E-state index is -2.81. The molecule has 23 heavy (non-hydrogen) atoms. The number of aliphatic imine (C=N–C) groups is 1. The Kier molecular flexibility index (Phi) is 8.84. The summed E-state index contributed by atoms with van der Waals surface area (Å²) in [5.74, 6) is 1.58. The van der Waals surface area contributed by atoms with E-state index in [1.54, 1.807) is 11.3 Å². The van der Waals surface area contributed by atoms with Gasteiger partial charge in [0, 0.05) is 22.8 Å². The molecule has 0 saturated carbocycles. The molecule has 0 spiro atoms. The van der Waals surface area contributed by atoms with Gasteiger partial charge in [-0.05, 0) is 37.8 Å². The summed E-state index contributed by atoms with van der Waals surface area (Å²) < 4.78 is 23.0. The number of nitrogens with one attached hydrogen (secondary N) is 2. The lowest BCUT2D eigenvalue weighted by molar-refractivity contribution is 0.567. The van der Waals surface area contributed by atoms with E-state index in [-0.39, 0.29) is 29.9 Å². The minimum absolute atomic E-state index is 0. The molecule has 0 bridgehead atoms. The summed E-state index contributed by atoms with van der Waals surface area (Å²) in [6.07, 6.45) is 1.81. The van der Waals surface area contributed by atoms with Gasteiger partial charge in [0.25, 0.3) is 0 Å². The van der Waals surface area contributed by atoms with Crippen LogP contribution < -0.4 is 10.6 Å². The van der Waals surface area contributed by atoms with Gasteiger partial charge in [0.05, 0.1) is 18.1 Å². The largest absolute Gasteiger partial charge is 0.357 e. The average molecular weight is 471 g/mol. The van der Waals surface area contributed by atoms with Crippen molar-refractivity contribution in [3.8, 4) is 0 Å². The number of nitrogens with zero attached hydrogens (tertiary/aromatic N) is 1. The first kappa shape index (κ1) is 20.7. The molecule has 1 aromatic heterocycles. The smallest absolute Gasteiger partial charge is 0.191 e. The topological polar surface area (TPSA) is 70.6 Å². The fourth-order valence-electron chi connectivity index (χ4n) is 2.47. The van der Waals surface area contributed by atoms with Crippen LogP contribution in [0, 0.1) is 5.92 Å². The summed E-state index contributed by atoms with van der Waals surface area (Å²) in [6, 6.07) is 4.28. The monoisotopic (exact) mass is 471 g/mol. The van der Waals surface area contributed by atoms with Gasteiger partial charge in [0.2, 0.25) is 0 Å². The van der Waals surface area contributed by atoms with E-state index in [9.17, 15) is 8.42 Å². The Morgan fingerprint density at radius 1 is 1.30 bits per heavy atom. The van der Waals surface area contributed by atoms with Crippen molar-refractivity contribution in [2.24, 2.45) is 10.9 Å². The van der Waals surface area contributed by atoms with E-state index in [0.29, 0.717) is 24.6 Å². The first-order chi connectivity index (χ1) is 10.5. The van der Waals surface area contributed by atoms with Crippen LogP contribution in [0.15, 0.2) is 17.1 Å². The van der Waals surface area contributed by atoms with Gasteiger partial charge >= 0.3 is 0 Å². The lowest BCUT2D eigenvalue weighted by Crippen LogP contribution is -2.40. The van der Waals surface area contributed by atoms with E-state index in [1.807, 2.05) is 6.92 Å². The summed E-state index contributed by atoms with van der Waals surface area (Å²) in [7, 11) is -2.81. The zero-order chi connectivity index (χ0) is 16.0. The van der Waals surface area contributed by atoms with Crippen LogP contribution in [0.1, 0.15) is 30.0 Å². The molecule has 1 aliphatic rings. The molecule has 0 amide bonds. The quantitative estimate of drug-likeness (QED) is 0.380. The lowest BCUT2D eigenvalue weighted by Gasteiger charge is -2.14. The number of thiophene rings is 1. The molecular formula is C15H26IN3O2S2. The van der Waals surface area contributed by atoms with Crippen molar-refractivity contribution in [3.63, 3.8) is 0 Å². The highest BCUT2D eigenvalue weighted by molar-refractivity contribution is 14.0. The summed E-state index contributed by atoms with van der Waals surface area (Å²) in [6.45, 7) is 6.29. The van der Waals surface area contributed by atoms with Gasteiger partial charge in [-0.15, -0.1) is 35.3 Å². The Hall–Kier alpha value is -0.350. The normalized spacial score (nSPS) is 20.1. The Morgan fingerprint density at radius 2 is 2.04 bits per heavy atom. The standard InChI is InChI=1S/C15H25N3O2S2.HI/c1-3-13-5-6-14(21-13)10-18-15(16-4-2)17-9-12-7-8-22(19,20)11-12;/h5-6,12H,3-4,7-11H2,1-2H3,(H2,16,17,18);1H. The molecule has 1 fully saturated rings. The van der Waals surface area contributed by atoms with Crippen molar-refractivity contribution >= 4 is 51.1 Å². The Labute approximate surface area is 160 Å². The molecule has 1 atom stereocenters. The molecule has 2 N–H and O–H groups in total. The Bertz CT molecular complexity index is 614. The number of aryl methyl sites for hydroxylation is 1. The molecule has 2 heterocycles. The van der Waals surface area contributed by atoms with E-state index in [4.69, 9.17) is 0 Å². The zero-order valence-electron chi connectivity index (χ0n) is 13.7. The molecule has 5 nitrogen and oxygen atoms in total. The summed E-state index contributed by atoms with van der Waals surface area (Å²) in [5.41, 5.74) is 0. The number of hydrogen-bond donors (Lipinski definition) is 2. The number of halogens is 1. The van der Waals surface area contributed by atoms with Crippen LogP contribution in [0.25, 0.3) is 0 Å². The van der Waals surface area contributed by atoms with Crippen LogP contribution in [0.5, 0.6) is 0 Å². The number of rotatable bonds is 6. The van der Waals surface area contributed by atoms with Crippen LogP contribution in [0.4, 0.5) is 0 Å². The van der Waals surface area contributed by atoms with Gasteiger partial charge < -0.3 is 10.6 Å². The molecular weight excluding hydrogens is 445 g/mol. The molecule has 8 heteroatoms. The molecule has 0 aromatic carbocycles. The predicted octanol–water partition coefficient (Wildman–Crippen LogP) is 2.42. The van der Waals surface area contributed by atoms with Gasteiger partial charge in [0.15, 0.2) is 15.8 Å². The van der Waals surface area contributed by atoms with Crippen molar-refractivity contribution in [2.75, 3.05) is 24.6 Å². The molecule has 1 saturated heterocycles. The first-order valence-corrected chi connectivity index (χ1v) is 10.5. The summed E-state index contributed by atoms with van der Waals surface area (Å²) in [4.78, 5) is 7.21. The van der Waals surface area contributed by atoms with Crippen LogP contribution in [0.3, 0.4) is 0 Å². The number of sulfone groups is 1. The fraction of sp³-hybridized carbons (Fsp3) is 0.667. The van der Waals surface area contributed by atoms with Crippen molar-refractivity contribution < 1.29 is 8.42 Å². The third-order valence-corrected chi connectivity index (χ3v) is 6.74. The van der Waals surface area contributed by atoms with E-state index in [0.717, 1.165) is 25.3 Å². The Balaban J connectivity index is 0.00000264. The highest BCUT2D eigenvalue weighted by Crippen LogP contribution is 2.18. The second-order valence-corrected chi connectivity index (χ2v) is 9.05. The van der Waals surface area contributed by atoms with Crippen LogP contribution in [0.2, 0.25) is 0 Å². The fourth-order valence-corrected chi connectivity index (χ4v) is 5.21. The number of guanidine groups is 1. The SMILES string of the molecule is CCNC(=NCc1ccc(CC)s1)NCC1CCS(=O)(=O)C1.I. The van der Waals surface area contributed by atoms with E-state index in [1.165, 1.54) is 9.75 Å². The van der Waals surface area contributed by atoms with Gasteiger partial charge in [0.1, 0.15) is 0 Å². The third kappa shape index (κ3) is 6.96. The van der Waals surface area contributed by atoms with E-state index < -0.39 is 9.84 Å². The molecule has 2 rings (SSSR count). The summed E-state index contributed by atoms with van der Waals surface area (Å²) in [5, 5.41) is 6.48. The van der Waals surface area contributed by atoms with E-state index >= 15 is 0 Å². The van der Waals surface area contributed by atoms with Crippen LogP contribution in [-0.4, -0.2) is 39.0 Å². The zero-order valence-corrected chi connectivity index (χ0v) is 17.6. The average Bonchev–Trinajstić information content (AvgIpc) is 3.08. The molecule has 1 aliphatic heterocycles. The van der Waals surface area contributed by atoms with Crippen molar-refractivity contribution in [1.82, 2.24) is 10.6 Å².